The van der Waals surface area contributed by atoms with Gasteiger partial charge in [-0.3, -0.25) is 14.4 Å². The standard InChI is InChI=1S/C24H28N2O3/c1-3-4-14-22(23(28)17-25-18(2)27)26-24(29)21-13-9-8-12-20(21)16-15-19-10-6-5-7-11-19/h5-13,15-16,22H,3-4,14,17H2,1-2H3,(H,25,27)(H,26,29)/b16-15+. The molecule has 0 aromatic heterocycles. The third-order valence-corrected chi connectivity index (χ3v) is 4.51. The third kappa shape index (κ3) is 7.37. The van der Waals surface area contributed by atoms with E-state index in [-0.39, 0.29) is 24.1 Å². The predicted octanol–water partition coefficient (Wildman–Crippen LogP) is 3.85. The summed E-state index contributed by atoms with van der Waals surface area (Å²) in [5, 5.41) is 5.37. The van der Waals surface area contributed by atoms with Crippen molar-refractivity contribution in [3.63, 3.8) is 0 Å². The molecule has 2 rings (SSSR count). The average Bonchev–Trinajstić information content (AvgIpc) is 2.74. The van der Waals surface area contributed by atoms with Gasteiger partial charge in [-0.2, -0.15) is 0 Å². The number of hydrogen-bond donors (Lipinski definition) is 2. The summed E-state index contributed by atoms with van der Waals surface area (Å²) in [6.45, 7) is 3.31. The van der Waals surface area contributed by atoms with Crippen LogP contribution in [0.3, 0.4) is 0 Å². The fourth-order valence-corrected chi connectivity index (χ4v) is 2.89. The van der Waals surface area contributed by atoms with Crippen molar-refractivity contribution < 1.29 is 14.4 Å². The number of carbonyl (C=O) groups is 3. The Morgan fingerprint density at radius 1 is 0.966 bits per heavy atom. The van der Waals surface area contributed by atoms with Crippen LogP contribution in [0.2, 0.25) is 0 Å². The molecule has 0 bridgehead atoms. The fraction of sp³-hybridized carbons (Fsp3) is 0.292. The Morgan fingerprint density at radius 2 is 1.66 bits per heavy atom. The van der Waals surface area contributed by atoms with E-state index in [4.69, 9.17) is 0 Å². The van der Waals surface area contributed by atoms with E-state index in [2.05, 4.69) is 10.6 Å². The molecule has 0 saturated carbocycles. The summed E-state index contributed by atoms with van der Waals surface area (Å²) in [7, 11) is 0. The second-order valence-corrected chi connectivity index (χ2v) is 6.88. The average molecular weight is 392 g/mol. The lowest BCUT2D eigenvalue weighted by atomic mass is 10.0. The molecule has 2 N–H and O–H groups in total. The van der Waals surface area contributed by atoms with Gasteiger partial charge in [0.05, 0.1) is 12.6 Å². The zero-order chi connectivity index (χ0) is 21.1. The normalized spacial score (nSPS) is 11.8. The van der Waals surface area contributed by atoms with Gasteiger partial charge < -0.3 is 10.6 Å². The van der Waals surface area contributed by atoms with E-state index in [1.807, 2.05) is 61.5 Å². The van der Waals surface area contributed by atoms with Gasteiger partial charge in [0.1, 0.15) is 0 Å². The number of hydrogen-bond acceptors (Lipinski definition) is 3. The first-order valence-corrected chi connectivity index (χ1v) is 9.91. The molecule has 0 fully saturated rings. The van der Waals surface area contributed by atoms with Crippen LogP contribution in [-0.2, 0) is 9.59 Å². The van der Waals surface area contributed by atoms with Crippen LogP contribution in [0.15, 0.2) is 54.6 Å². The van der Waals surface area contributed by atoms with E-state index in [0.29, 0.717) is 12.0 Å². The van der Waals surface area contributed by atoms with Crippen LogP contribution >= 0.6 is 0 Å². The van der Waals surface area contributed by atoms with E-state index in [1.54, 1.807) is 12.1 Å². The molecule has 0 radical (unpaired) electrons. The van der Waals surface area contributed by atoms with Crippen molar-refractivity contribution in [3.05, 3.63) is 71.3 Å². The first-order chi connectivity index (χ1) is 14.0. The van der Waals surface area contributed by atoms with Crippen molar-refractivity contribution in [2.45, 2.75) is 39.2 Å². The minimum Gasteiger partial charge on any atom is -0.349 e. The van der Waals surface area contributed by atoms with Crippen LogP contribution < -0.4 is 10.6 Å². The first-order valence-electron chi connectivity index (χ1n) is 9.91. The molecular weight excluding hydrogens is 364 g/mol. The highest BCUT2D eigenvalue weighted by Crippen LogP contribution is 2.14. The third-order valence-electron chi connectivity index (χ3n) is 4.51. The van der Waals surface area contributed by atoms with Crippen LogP contribution in [0, 0.1) is 0 Å². The summed E-state index contributed by atoms with van der Waals surface area (Å²) < 4.78 is 0. The highest BCUT2D eigenvalue weighted by molar-refractivity contribution is 6.01. The molecule has 152 valence electrons. The van der Waals surface area contributed by atoms with Gasteiger partial charge in [-0.25, -0.2) is 0 Å². The van der Waals surface area contributed by atoms with E-state index in [1.165, 1.54) is 6.92 Å². The van der Waals surface area contributed by atoms with Crippen molar-refractivity contribution in [1.82, 2.24) is 10.6 Å². The van der Waals surface area contributed by atoms with E-state index in [9.17, 15) is 14.4 Å². The van der Waals surface area contributed by atoms with Crippen molar-refractivity contribution >= 4 is 29.7 Å². The van der Waals surface area contributed by atoms with Gasteiger partial charge in [-0.05, 0) is 23.6 Å². The van der Waals surface area contributed by atoms with Gasteiger partial charge in [-0.1, -0.05) is 80.4 Å². The maximum atomic E-state index is 12.9. The molecule has 5 nitrogen and oxygen atoms in total. The molecule has 5 heteroatoms. The molecule has 0 saturated heterocycles. The smallest absolute Gasteiger partial charge is 0.252 e. The summed E-state index contributed by atoms with van der Waals surface area (Å²) >= 11 is 0. The zero-order valence-corrected chi connectivity index (χ0v) is 17.0. The Balaban J connectivity index is 2.15. The molecule has 0 aliphatic rings. The molecule has 2 aromatic rings. The topological polar surface area (TPSA) is 75.3 Å². The Morgan fingerprint density at radius 3 is 2.34 bits per heavy atom. The van der Waals surface area contributed by atoms with Crippen LogP contribution in [0.5, 0.6) is 0 Å². The number of unbranched alkanes of at least 4 members (excludes halogenated alkanes) is 1. The molecular formula is C24H28N2O3. The van der Waals surface area contributed by atoms with Crippen LogP contribution in [0.25, 0.3) is 12.2 Å². The van der Waals surface area contributed by atoms with Crippen molar-refractivity contribution in [3.8, 4) is 0 Å². The van der Waals surface area contributed by atoms with E-state index >= 15 is 0 Å². The molecule has 1 unspecified atom stereocenters. The Bertz CT molecular complexity index is 859. The maximum Gasteiger partial charge on any atom is 0.252 e. The van der Waals surface area contributed by atoms with Crippen molar-refractivity contribution in [1.29, 1.82) is 0 Å². The Labute approximate surface area is 172 Å². The molecule has 2 aromatic carbocycles. The summed E-state index contributed by atoms with van der Waals surface area (Å²) in [6, 6.07) is 16.5. The summed E-state index contributed by atoms with van der Waals surface area (Å²) in [6.07, 6.45) is 6.11. The molecule has 2 amide bonds. The van der Waals surface area contributed by atoms with Gasteiger partial charge in [0.2, 0.25) is 5.91 Å². The molecule has 0 aliphatic carbocycles. The van der Waals surface area contributed by atoms with Gasteiger partial charge in [0.15, 0.2) is 5.78 Å². The van der Waals surface area contributed by atoms with Crippen molar-refractivity contribution in [2.75, 3.05) is 6.54 Å². The SMILES string of the molecule is CCCCC(NC(=O)c1ccccc1/C=C/c1ccccc1)C(=O)CNC(C)=O. The lowest BCUT2D eigenvalue weighted by Gasteiger charge is -2.18. The number of rotatable bonds is 10. The Hall–Kier alpha value is -3.21. The van der Waals surface area contributed by atoms with Gasteiger partial charge in [-0.15, -0.1) is 0 Å². The highest BCUT2D eigenvalue weighted by atomic mass is 16.2. The second kappa shape index (κ2) is 11.6. The van der Waals surface area contributed by atoms with Gasteiger partial charge in [0.25, 0.3) is 5.91 Å². The summed E-state index contributed by atoms with van der Waals surface area (Å²) in [5.74, 6) is -0.759. The molecule has 1 atom stereocenters. The fourth-order valence-electron chi connectivity index (χ4n) is 2.89. The lowest BCUT2D eigenvalue weighted by Crippen LogP contribution is -2.45. The highest BCUT2D eigenvalue weighted by Gasteiger charge is 2.21. The molecule has 29 heavy (non-hydrogen) atoms. The monoisotopic (exact) mass is 392 g/mol. The maximum absolute atomic E-state index is 12.9. The second-order valence-electron chi connectivity index (χ2n) is 6.88. The largest absolute Gasteiger partial charge is 0.349 e. The van der Waals surface area contributed by atoms with Crippen LogP contribution in [0.4, 0.5) is 0 Å². The van der Waals surface area contributed by atoms with Crippen LogP contribution in [0.1, 0.15) is 54.6 Å². The van der Waals surface area contributed by atoms with E-state index in [0.717, 1.165) is 24.0 Å². The van der Waals surface area contributed by atoms with Crippen LogP contribution in [-0.4, -0.2) is 30.2 Å². The number of amides is 2. The summed E-state index contributed by atoms with van der Waals surface area (Å²) in [5.41, 5.74) is 2.32. The number of nitrogens with one attached hydrogen (secondary N) is 2. The summed E-state index contributed by atoms with van der Waals surface area (Å²) in [4.78, 5) is 36.5. The minimum atomic E-state index is -0.625. The number of carbonyl (C=O) groups excluding carboxylic acids is 3. The minimum absolute atomic E-state index is 0.0838. The number of benzene rings is 2. The molecule has 0 heterocycles. The first kappa shape index (κ1) is 22.1. The van der Waals surface area contributed by atoms with Crippen molar-refractivity contribution in [2.24, 2.45) is 0 Å². The van der Waals surface area contributed by atoms with Gasteiger partial charge >= 0.3 is 0 Å². The number of Topliss-reactive ketones (excluding diaryl/α,β-unsaturated/α-hetero) is 1. The predicted molar refractivity (Wildman–Crippen MR) is 116 cm³/mol. The number of ketones is 1. The zero-order valence-electron chi connectivity index (χ0n) is 17.0. The van der Waals surface area contributed by atoms with E-state index < -0.39 is 6.04 Å². The molecule has 0 aliphatic heterocycles. The lowest BCUT2D eigenvalue weighted by molar-refractivity contribution is -0.124. The molecule has 0 spiro atoms. The quantitative estimate of drug-likeness (QED) is 0.603. The van der Waals surface area contributed by atoms with Gasteiger partial charge in [0, 0.05) is 12.5 Å². The Kier molecular flexibility index (Phi) is 8.83.